The Kier molecular flexibility index (Phi) is 15.4. The molecule has 1 heterocycles. The summed E-state index contributed by atoms with van der Waals surface area (Å²) in [5, 5.41) is 24.6. The number of hydrogen-bond donors (Lipinski definition) is 6. The molecule has 4 rings (SSSR count). The van der Waals surface area contributed by atoms with Crippen LogP contribution in [0, 0.1) is 17.8 Å². The molecule has 6 N–H and O–H groups in total. The van der Waals surface area contributed by atoms with E-state index in [4.69, 9.17) is 0 Å². The van der Waals surface area contributed by atoms with Crippen LogP contribution in [0.4, 0.5) is 0 Å². The lowest BCUT2D eigenvalue weighted by Crippen LogP contribution is -2.57. The average Bonchev–Trinajstić information content (AvgIpc) is 3.64. The van der Waals surface area contributed by atoms with Crippen molar-refractivity contribution in [2.75, 3.05) is 13.1 Å². The first kappa shape index (κ1) is 39.8. The van der Waals surface area contributed by atoms with Crippen molar-refractivity contribution in [2.24, 2.45) is 17.8 Å². The van der Waals surface area contributed by atoms with Gasteiger partial charge in [-0.1, -0.05) is 100 Å². The molecular weight excluding hydrogens is 656 g/mol. The molecule has 4 amide bonds. The number of fused-ring (bicyclic) bond motifs is 1. The molecule has 0 unspecified atom stereocenters. The smallest absolute Gasteiger partial charge is 0.250 e. The average molecular weight is 711 g/mol. The quantitative estimate of drug-likeness (QED) is 0.0803. The van der Waals surface area contributed by atoms with E-state index in [2.05, 4.69) is 31.2 Å². The van der Waals surface area contributed by atoms with E-state index < -0.39 is 41.8 Å². The molecule has 278 valence electrons. The molecule has 0 saturated heterocycles. The lowest BCUT2D eigenvalue weighted by Gasteiger charge is -2.28. The standard InChI is InChI=1S/C41H54N6O5/c1-27(2)17-19-44-41(52)38(49)35(21-28(3)4)46-40(51)36(24-33-25-42-26-45-33)47-39(50)32(22-31-15-10-14-30-13-8-9-16-34(30)31)23-37(48)43-20-18-29-11-6-5-7-12-29/h5-16,25-28,32,35-36,38,49H,17-24H2,1-4H3,(H,42,45)(H,43,48)(H,44,52)(H,46,51)(H,47,50)/t32-,35+,36+,38+/m1/s1. The van der Waals surface area contributed by atoms with E-state index in [-0.39, 0.29) is 31.1 Å². The maximum atomic E-state index is 14.2. The second-order valence-electron chi connectivity index (χ2n) is 14.3. The van der Waals surface area contributed by atoms with Gasteiger partial charge in [-0.05, 0) is 59.4 Å². The van der Waals surface area contributed by atoms with Crippen LogP contribution >= 0.6 is 0 Å². The molecular formula is C41H54N6O5. The maximum absolute atomic E-state index is 14.2. The third-order valence-electron chi connectivity index (χ3n) is 9.06. The first-order valence-electron chi connectivity index (χ1n) is 18.3. The molecule has 4 aromatic rings. The summed E-state index contributed by atoms with van der Waals surface area (Å²) in [5.41, 5.74) is 2.61. The van der Waals surface area contributed by atoms with Crippen LogP contribution in [0.3, 0.4) is 0 Å². The molecule has 52 heavy (non-hydrogen) atoms. The number of aromatic amines is 1. The zero-order chi connectivity index (χ0) is 37.5. The summed E-state index contributed by atoms with van der Waals surface area (Å²) in [6.45, 7) is 8.80. The monoisotopic (exact) mass is 710 g/mol. The van der Waals surface area contributed by atoms with Crippen molar-refractivity contribution in [3.63, 3.8) is 0 Å². The number of carbonyl (C=O) groups excluding carboxylic acids is 4. The number of hydrogen-bond acceptors (Lipinski definition) is 6. The topological polar surface area (TPSA) is 165 Å². The van der Waals surface area contributed by atoms with Gasteiger partial charge in [-0.2, -0.15) is 0 Å². The van der Waals surface area contributed by atoms with E-state index in [0.717, 1.165) is 28.3 Å². The zero-order valence-electron chi connectivity index (χ0n) is 30.7. The lowest BCUT2D eigenvalue weighted by atomic mass is 9.91. The fourth-order valence-electron chi connectivity index (χ4n) is 6.22. The van der Waals surface area contributed by atoms with Crippen LogP contribution in [0.2, 0.25) is 0 Å². The number of nitrogens with zero attached hydrogens (tertiary/aromatic N) is 1. The Morgan fingerprint density at radius 1 is 0.769 bits per heavy atom. The Morgan fingerprint density at radius 2 is 1.50 bits per heavy atom. The van der Waals surface area contributed by atoms with Crippen molar-refractivity contribution in [1.29, 1.82) is 0 Å². The van der Waals surface area contributed by atoms with Crippen LogP contribution in [0.15, 0.2) is 85.3 Å². The largest absolute Gasteiger partial charge is 0.381 e. The van der Waals surface area contributed by atoms with Crippen LogP contribution in [0.5, 0.6) is 0 Å². The van der Waals surface area contributed by atoms with Gasteiger partial charge in [0.25, 0.3) is 5.91 Å². The highest BCUT2D eigenvalue weighted by Gasteiger charge is 2.33. The van der Waals surface area contributed by atoms with E-state index in [1.807, 2.05) is 100 Å². The molecule has 0 aliphatic heterocycles. The molecule has 0 fully saturated rings. The molecule has 0 aliphatic carbocycles. The Bertz CT molecular complexity index is 1720. The van der Waals surface area contributed by atoms with Crippen LogP contribution in [0.1, 0.15) is 63.8 Å². The Morgan fingerprint density at radius 3 is 2.21 bits per heavy atom. The first-order valence-corrected chi connectivity index (χ1v) is 18.3. The van der Waals surface area contributed by atoms with Crippen molar-refractivity contribution in [1.82, 2.24) is 31.2 Å². The van der Waals surface area contributed by atoms with Gasteiger partial charge in [0.05, 0.1) is 18.3 Å². The number of carbonyl (C=O) groups is 4. The third-order valence-corrected chi connectivity index (χ3v) is 9.06. The SMILES string of the molecule is CC(C)CCNC(=O)[C@@H](O)[C@H](CC(C)C)NC(=O)[C@H](Cc1cnc[nH]1)NC(=O)[C@@H](CC(=O)NCCc1ccccc1)Cc1cccc2ccccc12. The van der Waals surface area contributed by atoms with Gasteiger partial charge in [-0.3, -0.25) is 19.2 Å². The van der Waals surface area contributed by atoms with E-state index in [9.17, 15) is 24.3 Å². The minimum Gasteiger partial charge on any atom is -0.381 e. The molecule has 11 heteroatoms. The van der Waals surface area contributed by atoms with E-state index in [0.29, 0.717) is 37.5 Å². The molecule has 0 saturated carbocycles. The molecule has 1 aromatic heterocycles. The van der Waals surface area contributed by atoms with Gasteiger partial charge < -0.3 is 31.4 Å². The summed E-state index contributed by atoms with van der Waals surface area (Å²) >= 11 is 0. The van der Waals surface area contributed by atoms with Crippen molar-refractivity contribution < 1.29 is 24.3 Å². The summed E-state index contributed by atoms with van der Waals surface area (Å²) in [6, 6.07) is 21.6. The highest BCUT2D eigenvalue weighted by atomic mass is 16.3. The maximum Gasteiger partial charge on any atom is 0.250 e. The Hall–Kier alpha value is -5.03. The van der Waals surface area contributed by atoms with Crippen LogP contribution in [-0.4, -0.2) is 70.0 Å². The third kappa shape index (κ3) is 12.6. The number of H-pyrrole nitrogens is 1. The van der Waals surface area contributed by atoms with Gasteiger partial charge in [-0.25, -0.2) is 4.98 Å². The van der Waals surface area contributed by atoms with Crippen molar-refractivity contribution >= 4 is 34.4 Å². The highest BCUT2D eigenvalue weighted by molar-refractivity contribution is 5.92. The van der Waals surface area contributed by atoms with Gasteiger partial charge in [-0.15, -0.1) is 0 Å². The van der Waals surface area contributed by atoms with E-state index in [1.165, 1.54) is 6.33 Å². The lowest BCUT2D eigenvalue weighted by molar-refractivity contribution is -0.135. The first-order chi connectivity index (χ1) is 25.0. The van der Waals surface area contributed by atoms with Gasteiger partial charge in [0, 0.05) is 37.8 Å². The molecule has 0 radical (unpaired) electrons. The number of amides is 4. The number of aromatic nitrogens is 2. The minimum atomic E-state index is -1.49. The number of nitrogens with one attached hydrogen (secondary N) is 5. The zero-order valence-corrected chi connectivity index (χ0v) is 30.7. The van der Waals surface area contributed by atoms with Crippen molar-refractivity contribution in [2.45, 2.75) is 84.4 Å². The van der Waals surface area contributed by atoms with E-state index in [1.54, 1.807) is 6.20 Å². The normalized spacial score (nSPS) is 13.7. The second kappa shape index (κ2) is 20.1. The minimum absolute atomic E-state index is 0.0505. The Labute approximate surface area is 306 Å². The van der Waals surface area contributed by atoms with Gasteiger partial charge in [0.2, 0.25) is 17.7 Å². The molecule has 3 aromatic carbocycles. The van der Waals surface area contributed by atoms with Crippen molar-refractivity contribution in [3.05, 3.63) is 102 Å². The molecule has 0 spiro atoms. The predicted octanol–water partition coefficient (Wildman–Crippen LogP) is 4.25. The summed E-state index contributed by atoms with van der Waals surface area (Å²) < 4.78 is 0. The van der Waals surface area contributed by atoms with Gasteiger partial charge >= 0.3 is 0 Å². The Balaban J connectivity index is 1.54. The summed E-state index contributed by atoms with van der Waals surface area (Å²) in [4.78, 5) is 61.5. The van der Waals surface area contributed by atoms with Gasteiger partial charge in [0.1, 0.15) is 6.04 Å². The van der Waals surface area contributed by atoms with Crippen LogP contribution in [0.25, 0.3) is 10.8 Å². The number of benzene rings is 3. The molecule has 0 bridgehead atoms. The number of rotatable bonds is 20. The van der Waals surface area contributed by atoms with Crippen LogP contribution in [-0.2, 0) is 38.4 Å². The fraction of sp³-hybridized carbons (Fsp3) is 0.439. The fourth-order valence-corrected chi connectivity index (χ4v) is 6.22. The highest BCUT2D eigenvalue weighted by Crippen LogP contribution is 2.23. The van der Waals surface area contributed by atoms with Gasteiger partial charge in [0.15, 0.2) is 6.10 Å². The predicted molar refractivity (Wildman–Crippen MR) is 203 cm³/mol. The van der Waals surface area contributed by atoms with E-state index >= 15 is 0 Å². The molecule has 11 nitrogen and oxygen atoms in total. The number of aliphatic hydroxyl groups excluding tert-OH is 1. The second-order valence-corrected chi connectivity index (χ2v) is 14.3. The molecule has 4 atom stereocenters. The summed E-state index contributed by atoms with van der Waals surface area (Å²) in [6.07, 6.45) is 3.57. The molecule has 0 aliphatic rings. The van der Waals surface area contributed by atoms with Crippen molar-refractivity contribution in [3.8, 4) is 0 Å². The van der Waals surface area contributed by atoms with Crippen LogP contribution < -0.4 is 21.3 Å². The number of imidazole rings is 1. The number of aliphatic hydroxyl groups is 1. The summed E-state index contributed by atoms with van der Waals surface area (Å²) in [5.74, 6) is -2.22. The summed E-state index contributed by atoms with van der Waals surface area (Å²) in [7, 11) is 0.